The molecule has 2 aromatic carbocycles. The third-order valence-electron chi connectivity index (χ3n) is 5.08. The molecule has 2 aromatic heterocycles. The van der Waals surface area contributed by atoms with Crippen molar-refractivity contribution < 1.29 is 27.2 Å². The van der Waals surface area contributed by atoms with Gasteiger partial charge in [0.05, 0.1) is 35.0 Å². The van der Waals surface area contributed by atoms with Gasteiger partial charge in [-0.25, -0.2) is 4.68 Å². The van der Waals surface area contributed by atoms with Crippen LogP contribution in [0.25, 0.3) is 5.69 Å². The zero-order valence-corrected chi connectivity index (χ0v) is 17.9. The second kappa shape index (κ2) is 9.26. The van der Waals surface area contributed by atoms with Crippen LogP contribution in [0.1, 0.15) is 37.7 Å². The molecule has 2 N–H and O–H groups in total. The van der Waals surface area contributed by atoms with Gasteiger partial charge in [-0.2, -0.15) is 18.3 Å². The smallest absolute Gasteiger partial charge is 0.416 e. The first kappa shape index (κ1) is 22.8. The quantitative estimate of drug-likeness (QED) is 0.418. The highest BCUT2D eigenvalue weighted by Crippen LogP contribution is 2.30. The number of rotatable bonds is 6. The standard InChI is InChI=1S/C24H19F3N4O3/c1-15-20(14-29-31(15)19-5-2-4-17(12-19)24(25,26)27)22(32)28-13-16-7-9-18(10-8-16)30-23(33)21-6-3-11-34-21/h2-12,14H,13H2,1H3,(H,28,32)(H,30,33). The number of carbonyl (C=O) groups is 2. The average molecular weight is 468 g/mol. The molecule has 0 saturated heterocycles. The van der Waals surface area contributed by atoms with Crippen LogP contribution >= 0.6 is 0 Å². The highest BCUT2D eigenvalue weighted by Gasteiger charge is 2.30. The topological polar surface area (TPSA) is 89.2 Å². The van der Waals surface area contributed by atoms with Crippen LogP contribution in [0.15, 0.2) is 77.5 Å². The molecule has 4 rings (SSSR count). The molecule has 7 nitrogen and oxygen atoms in total. The fraction of sp³-hybridized carbons (Fsp3) is 0.125. The number of carbonyl (C=O) groups excluding carboxylic acids is 2. The predicted molar refractivity (Wildman–Crippen MR) is 118 cm³/mol. The first-order valence-corrected chi connectivity index (χ1v) is 10.2. The molecule has 2 heterocycles. The third kappa shape index (κ3) is 5.01. The molecule has 0 atom stereocenters. The summed E-state index contributed by atoms with van der Waals surface area (Å²) in [6, 6.07) is 14.8. The minimum absolute atomic E-state index is 0.192. The van der Waals surface area contributed by atoms with Crippen molar-refractivity contribution in [3.63, 3.8) is 0 Å². The Kier molecular flexibility index (Phi) is 6.22. The number of benzene rings is 2. The number of hydrogen-bond acceptors (Lipinski definition) is 4. The monoisotopic (exact) mass is 468 g/mol. The summed E-state index contributed by atoms with van der Waals surface area (Å²) in [6.07, 6.45) is -1.75. The molecule has 0 aliphatic carbocycles. The zero-order valence-electron chi connectivity index (χ0n) is 17.9. The lowest BCUT2D eigenvalue weighted by Gasteiger charge is -2.10. The van der Waals surface area contributed by atoms with Crippen molar-refractivity contribution in [3.8, 4) is 5.69 Å². The minimum atomic E-state index is -4.48. The number of alkyl halides is 3. The number of nitrogens with zero attached hydrogens (tertiary/aromatic N) is 2. The van der Waals surface area contributed by atoms with Gasteiger partial charge in [0, 0.05) is 12.2 Å². The normalized spacial score (nSPS) is 11.3. The lowest BCUT2D eigenvalue weighted by Crippen LogP contribution is -2.23. The van der Waals surface area contributed by atoms with Crippen LogP contribution in [0, 0.1) is 6.92 Å². The molecule has 0 aliphatic heterocycles. The van der Waals surface area contributed by atoms with Crippen molar-refractivity contribution in [2.24, 2.45) is 0 Å². The van der Waals surface area contributed by atoms with Crippen LogP contribution in [-0.4, -0.2) is 21.6 Å². The molecule has 0 bridgehead atoms. The average Bonchev–Trinajstić information content (AvgIpc) is 3.48. The van der Waals surface area contributed by atoms with Gasteiger partial charge in [0.1, 0.15) is 0 Å². The fourth-order valence-corrected chi connectivity index (χ4v) is 3.29. The summed E-state index contributed by atoms with van der Waals surface area (Å²) in [5, 5.41) is 9.55. The Hall–Kier alpha value is -4.34. The van der Waals surface area contributed by atoms with E-state index in [1.807, 2.05) is 0 Å². The highest BCUT2D eigenvalue weighted by atomic mass is 19.4. The van der Waals surface area contributed by atoms with E-state index in [9.17, 15) is 22.8 Å². The molecule has 0 aliphatic rings. The SMILES string of the molecule is Cc1c(C(=O)NCc2ccc(NC(=O)c3ccco3)cc2)cnn1-c1cccc(C(F)(F)F)c1. The summed E-state index contributed by atoms with van der Waals surface area (Å²) in [7, 11) is 0. The molecule has 0 saturated carbocycles. The molecule has 10 heteroatoms. The molecule has 0 unspecified atom stereocenters. The first-order chi connectivity index (χ1) is 16.2. The van der Waals surface area contributed by atoms with Crippen LogP contribution < -0.4 is 10.6 Å². The number of aromatic nitrogens is 2. The van der Waals surface area contributed by atoms with Crippen molar-refractivity contribution in [1.82, 2.24) is 15.1 Å². The van der Waals surface area contributed by atoms with Crippen molar-refractivity contribution >= 4 is 17.5 Å². The summed E-state index contributed by atoms with van der Waals surface area (Å²) in [5.41, 5.74) is 1.42. The maximum atomic E-state index is 13.0. The Bertz CT molecular complexity index is 1310. The summed E-state index contributed by atoms with van der Waals surface area (Å²) >= 11 is 0. The van der Waals surface area contributed by atoms with E-state index in [0.29, 0.717) is 11.4 Å². The fourth-order valence-electron chi connectivity index (χ4n) is 3.29. The number of hydrogen-bond donors (Lipinski definition) is 2. The summed E-state index contributed by atoms with van der Waals surface area (Å²) in [6.45, 7) is 1.82. The van der Waals surface area contributed by atoms with Crippen LogP contribution in [0.4, 0.5) is 18.9 Å². The van der Waals surface area contributed by atoms with E-state index >= 15 is 0 Å². The van der Waals surface area contributed by atoms with Crippen LogP contribution in [0.3, 0.4) is 0 Å². The first-order valence-electron chi connectivity index (χ1n) is 10.2. The van der Waals surface area contributed by atoms with E-state index in [1.165, 1.54) is 29.3 Å². The molecule has 0 spiro atoms. The van der Waals surface area contributed by atoms with Gasteiger partial charge in [0.2, 0.25) is 0 Å². The number of halogens is 3. The van der Waals surface area contributed by atoms with Crippen molar-refractivity contribution in [2.45, 2.75) is 19.6 Å². The van der Waals surface area contributed by atoms with E-state index in [1.54, 1.807) is 43.3 Å². The summed E-state index contributed by atoms with van der Waals surface area (Å²) < 4.78 is 45.4. The minimum Gasteiger partial charge on any atom is -0.459 e. The van der Waals surface area contributed by atoms with Crippen LogP contribution in [0.2, 0.25) is 0 Å². The maximum absolute atomic E-state index is 13.0. The second-order valence-electron chi connectivity index (χ2n) is 7.41. The second-order valence-corrected chi connectivity index (χ2v) is 7.41. The van der Waals surface area contributed by atoms with E-state index in [0.717, 1.165) is 17.7 Å². The van der Waals surface area contributed by atoms with Gasteiger partial charge in [-0.1, -0.05) is 18.2 Å². The summed E-state index contributed by atoms with van der Waals surface area (Å²) in [5.74, 6) is -0.595. The molecule has 34 heavy (non-hydrogen) atoms. The van der Waals surface area contributed by atoms with Gasteiger partial charge in [-0.3, -0.25) is 9.59 Å². The van der Waals surface area contributed by atoms with Gasteiger partial charge in [0.25, 0.3) is 11.8 Å². The van der Waals surface area contributed by atoms with Crippen molar-refractivity contribution in [2.75, 3.05) is 5.32 Å². The molecule has 0 fully saturated rings. The lowest BCUT2D eigenvalue weighted by molar-refractivity contribution is -0.137. The molecule has 0 radical (unpaired) electrons. The third-order valence-corrected chi connectivity index (χ3v) is 5.08. The number of amides is 2. The van der Waals surface area contributed by atoms with Crippen LogP contribution in [-0.2, 0) is 12.7 Å². The predicted octanol–water partition coefficient (Wildman–Crippen LogP) is 4.97. The largest absolute Gasteiger partial charge is 0.459 e. The van der Waals surface area contributed by atoms with Gasteiger partial charge >= 0.3 is 6.18 Å². The van der Waals surface area contributed by atoms with Gasteiger partial charge < -0.3 is 15.1 Å². The number of furan rings is 1. The highest BCUT2D eigenvalue weighted by molar-refractivity contribution is 6.02. The Labute approximate surface area is 192 Å². The summed E-state index contributed by atoms with van der Waals surface area (Å²) in [4.78, 5) is 24.7. The number of anilines is 1. The Balaban J connectivity index is 1.39. The van der Waals surface area contributed by atoms with Gasteiger partial charge in [-0.15, -0.1) is 0 Å². The maximum Gasteiger partial charge on any atom is 0.416 e. The van der Waals surface area contributed by atoms with E-state index in [-0.39, 0.29) is 29.5 Å². The molecule has 174 valence electrons. The Morgan fingerprint density at radius 1 is 1.03 bits per heavy atom. The van der Waals surface area contributed by atoms with Gasteiger partial charge in [-0.05, 0) is 55.0 Å². The Morgan fingerprint density at radius 3 is 2.47 bits per heavy atom. The van der Waals surface area contributed by atoms with Crippen molar-refractivity contribution in [3.05, 3.63) is 101 Å². The van der Waals surface area contributed by atoms with Crippen molar-refractivity contribution in [1.29, 1.82) is 0 Å². The van der Waals surface area contributed by atoms with Crippen LogP contribution in [0.5, 0.6) is 0 Å². The molecule has 4 aromatic rings. The van der Waals surface area contributed by atoms with E-state index in [4.69, 9.17) is 4.42 Å². The lowest BCUT2D eigenvalue weighted by atomic mass is 10.1. The molecular formula is C24H19F3N4O3. The van der Waals surface area contributed by atoms with E-state index < -0.39 is 17.6 Å². The molecular weight excluding hydrogens is 449 g/mol. The molecule has 2 amide bonds. The zero-order chi connectivity index (χ0) is 24.3. The number of nitrogens with one attached hydrogen (secondary N) is 2. The Morgan fingerprint density at radius 2 is 1.79 bits per heavy atom. The van der Waals surface area contributed by atoms with Gasteiger partial charge in [0.15, 0.2) is 5.76 Å². The van der Waals surface area contributed by atoms with E-state index in [2.05, 4.69) is 15.7 Å².